The summed E-state index contributed by atoms with van der Waals surface area (Å²) >= 11 is 0. The van der Waals surface area contributed by atoms with Gasteiger partial charge in [0.25, 0.3) is 0 Å². The Morgan fingerprint density at radius 3 is 2.81 bits per heavy atom. The van der Waals surface area contributed by atoms with E-state index in [-0.39, 0.29) is 5.91 Å². The van der Waals surface area contributed by atoms with Crippen LogP contribution < -0.4 is 9.47 Å². The average molecular weight is 288 g/mol. The maximum absolute atomic E-state index is 11.8. The van der Waals surface area contributed by atoms with Gasteiger partial charge in [0.1, 0.15) is 0 Å². The first-order valence-electron chi connectivity index (χ1n) is 6.73. The van der Waals surface area contributed by atoms with Gasteiger partial charge in [-0.2, -0.15) is 5.26 Å². The number of amides is 1. The molecule has 0 unspecified atom stereocenters. The standard InChI is InChI=1S/C16H20N2O3/c1-4-21-15-12-13(6-8-14(15)20-3)7-9-16(19)18(2)11-5-10-17/h6-9,12H,4-5,11H2,1-3H3. The van der Waals surface area contributed by atoms with Crippen LogP contribution in [-0.2, 0) is 4.79 Å². The third-order valence-corrected chi connectivity index (χ3v) is 2.84. The largest absolute Gasteiger partial charge is 0.493 e. The molecule has 0 spiro atoms. The van der Waals surface area contributed by atoms with Crippen molar-refractivity contribution in [2.24, 2.45) is 0 Å². The van der Waals surface area contributed by atoms with Crippen molar-refractivity contribution in [3.8, 4) is 17.6 Å². The van der Waals surface area contributed by atoms with Crippen molar-refractivity contribution in [1.82, 2.24) is 4.90 Å². The summed E-state index contributed by atoms with van der Waals surface area (Å²) in [6.45, 7) is 2.86. The van der Waals surface area contributed by atoms with E-state index in [1.165, 1.54) is 11.0 Å². The Labute approximate surface area is 125 Å². The summed E-state index contributed by atoms with van der Waals surface area (Å²) < 4.78 is 10.7. The minimum absolute atomic E-state index is 0.140. The van der Waals surface area contributed by atoms with E-state index in [9.17, 15) is 4.79 Å². The molecule has 5 heteroatoms. The molecule has 0 heterocycles. The Balaban J connectivity index is 2.78. The molecular formula is C16H20N2O3. The number of rotatable bonds is 7. The highest BCUT2D eigenvalue weighted by Gasteiger charge is 2.06. The van der Waals surface area contributed by atoms with Crippen molar-refractivity contribution in [3.63, 3.8) is 0 Å². The predicted octanol–water partition coefficient (Wildman–Crippen LogP) is 2.48. The van der Waals surface area contributed by atoms with Crippen molar-refractivity contribution in [3.05, 3.63) is 29.8 Å². The summed E-state index contributed by atoms with van der Waals surface area (Å²) in [6, 6.07) is 7.48. The summed E-state index contributed by atoms with van der Waals surface area (Å²) in [5.41, 5.74) is 0.848. The van der Waals surface area contributed by atoms with Crippen molar-refractivity contribution < 1.29 is 14.3 Å². The number of ether oxygens (including phenoxy) is 2. The number of nitriles is 1. The van der Waals surface area contributed by atoms with Crippen LogP contribution in [0.1, 0.15) is 18.9 Å². The third-order valence-electron chi connectivity index (χ3n) is 2.84. The number of carbonyl (C=O) groups is 1. The first-order chi connectivity index (χ1) is 10.1. The van der Waals surface area contributed by atoms with E-state index in [0.717, 1.165) is 5.56 Å². The molecule has 1 amide bonds. The monoisotopic (exact) mass is 288 g/mol. The van der Waals surface area contributed by atoms with E-state index in [1.807, 2.05) is 25.1 Å². The number of nitrogens with zero attached hydrogens (tertiary/aromatic N) is 2. The number of carbonyl (C=O) groups excluding carboxylic acids is 1. The second-order valence-corrected chi connectivity index (χ2v) is 4.34. The molecule has 0 bridgehead atoms. The van der Waals surface area contributed by atoms with Gasteiger partial charge in [-0.3, -0.25) is 4.79 Å². The van der Waals surface area contributed by atoms with Crippen LogP contribution in [0.25, 0.3) is 6.08 Å². The normalized spacial score (nSPS) is 10.2. The second-order valence-electron chi connectivity index (χ2n) is 4.34. The zero-order chi connectivity index (χ0) is 15.7. The minimum Gasteiger partial charge on any atom is -0.493 e. The van der Waals surface area contributed by atoms with Gasteiger partial charge < -0.3 is 14.4 Å². The number of benzene rings is 1. The van der Waals surface area contributed by atoms with Crippen LogP contribution in [-0.4, -0.2) is 38.1 Å². The van der Waals surface area contributed by atoms with Crippen LogP contribution in [0.4, 0.5) is 0 Å². The van der Waals surface area contributed by atoms with Crippen molar-refractivity contribution in [2.75, 3.05) is 27.3 Å². The number of hydrogen-bond acceptors (Lipinski definition) is 4. The quantitative estimate of drug-likeness (QED) is 0.723. The number of likely N-dealkylation sites (N-methyl/N-ethyl adjacent to an activating group) is 1. The Hall–Kier alpha value is -2.48. The minimum atomic E-state index is -0.140. The zero-order valence-electron chi connectivity index (χ0n) is 12.6. The predicted molar refractivity (Wildman–Crippen MR) is 81.1 cm³/mol. The fourth-order valence-corrected chi connectivity index (χ4v) is 1.69. The van der Waals surface area contributed by atoms with Crippen molar-refractivity contribution >= 4 is 12.0 Å². The molecule has 1 rings (SSSR count). The van der Waals surface area contributed by atoms with Crippen LogP contribution in [0.15, 0.2) is 24.3 Å². The highest BCUT2D eigenvalue weighted by atomic mass is 16.5. The maximum atomic E-state index is 11.8. The van der Waals surface area contributed by atoms with Gasteiger partial charge in [-0.05, 0) is 30.7 Å². The molecule has 112 valence electrons. The van der Waals surface area contributed by atoms with Gasteiger partial charge in [-0.25, -0.2) is 0 Å². The summed E-state index contributed by atoms with van der Waals surface area (Å²) in [5.74, 6) is 1.16. The molecule has 0 radical (unpaired) electrons. The molecule has 0 aliphatic rings. The maximum Gasteiger partial charge on any atom is 0.246 e. The van der Waals surface area contributed by atoms with Gasteiger partial charge in [-0.1, -0.05) is 6.07 Å². The van der Waals surface area contributed by atoms with E-state index >= 15 is 0 Å². The molecule has 0 saturated carbocycles. The lowest BCUT2D eigenvalue weighted by molar-refractivity contribution is -0.124. The first kappa shape index (κ1) is 16.6. The molecule has 1 aromatic rings. The molecule has 0 N–H and O–H groups in total. The van der Waals surface area contributed by atoms with Crippen LogP contribution in [0.2, 0.25) is 0 Å². The van der Waals surface area contributed by atoms with Gasteiger partial charge in [-0.15, -0.1) is 0 Å². The van der Waals surface area contributed by atoms with E-state index in [0.29, 0.717) is 31.1 Å². The highest BCUT2D eigenvalue weighted by molar-refractivity contribution is 5.91. The SMILES string of the molecule is CCOc1cc(C=CC(=O)N(C)CCC#N)ccc1OC. The summed E-state index contributed by atoms with van der Waals surface area (Å²) in [4.78, 5) is 13.3. The van der Waals surface area contributed by atoms with E-state index in [2.05, 4.69) is 0 Å². The van der Waals surface area contributed by atoms with Crippen molar-refractivity contribution in [2.45, 2.75) is 13.3 Å². The van der Waals surface area contributed by atoms with Gasteiger partial charge in [0.15, 0.2) is 11.5 Å². The van der Waals surface area contributed by atoms with Crippen LogP contribution in [0.5, 0.6) is 11.5 Å². The Bertz CT molecular complexity index is 547. The lowest BCUT2D eigenvalue weighted by Gasteiger charge is -2.12. The zero-order valence-corrected chi connectivity index (χ0v) is 12.6. The molecule has 0 aliphatic carbocycles. The molecule has 0 atom stereocenters. The summed E-state index contributed by atoms with van der Waals surface area (Å²) in [7, 11) is 3.25. The van der Waals surface area contributed by atoms with Crippen molar-refractivity contribution in [1.29, 1.82) is 5.26 Å². The van der Waals surface area contributed by atoms with E-state index in [1.54, 1.807) is 26.3 Å². The fraction of sp³-hybridized carbons (Fsp3) is 0.375. The first-order valence-corrected chi connectivity index (χ1v) is 6.73. The molecule has 1 aromatic carbocycles. The summed E-state index contributed by atoms with van der Waals surface area (Å²) in [5, 5.41) is 8.50. The van der Waals surface area contributed by atoms with Crippen LogP contribution >= 0.6 is 0 Å². The lowest BCUT2D eigenvalue weighted by Crippen LogP contribution is -2.25. The smallest absolute Gasteiger partial charge is 0.246 e. The second kappa shape index (κ2) is 8.64. The van der Waals surface area contributed by atoms with Gasteiger partial charge in [0.2, 0.25) is 5.91 Å². The van der Waals surface area contributed by atoms with E-state index in [4.69, 9.17) is 14.7 Å². The number of hydrogen-bond donors (Lipinski definition) is 0. The third kappa shape index (κ3) is 5.19. The molecule has 0 saturated heterocycles. The van der Waals surface area contributed by atoms with Crippen LogP contribution in [0.3, 0.4) is 0 Å². The fourth-order valence-electron chi connectivity index (χ4n) is 1.69. The summed E-state index contributed by atoms with van der Waals surface area (Å²) in [6.07, 6.45) is 3.52. The van der Waals surface area contributed by atoms with Gasteiger partial charge in [0.05, 0.1) is 26.2 Å². The Morgan fingerprint density at radius 1 is 1.43 bits per heavy atom. The molecule has 21 heavy (non-hydrogen) atoms. The Kier molecular flexibility index (Phi) is 6.82. The van der Waals surface area contributed by atoms with Gasteiger partial charge >= 0.3 is 0 Å². The Morgan fingerprint density at radius 2 is 2.19 bits per heavy atom. The molecule has 0 aromatic heterocycles. The molecule has 0 aliphatic heterocycles. The lowest BCUT2D eigenvalue weighted by atomic mass is 10.2. The topological polar surface area (TPSA) is 62.6 Å². The molecule has 5 nitrogen and oxygen atoms in total. The van der Waals surface area contributed by atoms with E-state index < -0.39 is 0 Å². The van der Waals surface area contributed by atoms with Gasteiger partial charge in [0, 0.05) is 19.7 Å². The average Bonchev–Trinajstić information content (AvgIpc) is 2.50. The molecular weight excluding hydrogens is 268 g/mol. The van der Waals surface area contributed by atoms with Crippen LogP contribution in [0, 0.1) is 11.3 Å². The number of methoxy groups -OCH3 is 1. The highest BCUT2D eigenvalue weighted by Crippen LogP contribution is 2.28. The molecule has 0 fully saturated rings.